The SMILES string of the molecule is CN/C=C\c1[nH]ncc1C(C)C. The largest absolute Gasteiger partial charge is 0.394 e. The standard InChI is InChI=1S/C9H15N3/c1-7(2)8-6-11-12-9(8)4-5-10-3/h4-7,10H,1-3H3,(H,11,12)/b5-4-. The van der Waals surface area contributed by atoms with E-state index in [1.165, 1.54) is 5.56 Å². The lowest BCUT2D eigenvalue weighted by Crippen LogP contribution is -1.93. The van der Waals surface area contributed by atoms with Crippen molar-refractivity contribution >= 4 is 6.08 Å². The van der Waals surface area contributed by atoms with Crippen molar-refractivity contribution in [3.63, 3.8) is 0 Å². The minimum Gasteiger partial charge on any atom is -0.394 e. The molecule has 3 nitrogen and oxygen atoms in total. The van der Waals surface area contributed by atoms with Crippen molar-refractivity contribution in [2.45, 2.75) is 19.8 Å². The first-order valence-corrected chi connectivity index (χ1v) is 4.12. The van der Waals surface area contributed by atoms with E-state index in [4.69, 9.17) is 0 Å². The Morgan fingerprint density at radius 2 is 2.33 bits per heavy atom. The van der Waals surface area contributed by atoms with Crippen LogP contribution >= 0.6 is 0 Å². The van der Waals surface area contributed by atoms with Crippen molar-refractivity contribution in [3.05, 3.63) is 23.7 Å². The fraction of sp³-hybridized carbons (Fsp3) is 0.444. The molecule has 0 aliphatic rings. The molecule has 0 fully saturated rings. The van der Waals surface area contributed by atoms with E-state index in [1.54, 1.807) is 0 Å². The molecule has 2 N–H and O–H groups in total. The molecule has 0 saturated heterocycles. The Balaban J connectivity index is 2.84. The van der Waals surface area contributed by atoms with Gasteiger partial charge in [-0.1, -0.05) is 13.8 Å². The lowest BCUT2D eigenvalue weighted by atomic mass is 10.0. The highest BCUT2D eigenvalue weighted by Gasteiger charge is 2.04. The van der Waals surface area contributed by atoms with E-state index in [9.17, 15) is 0 Å². The second-order valence-corrected chi connectivity index (χ2v) is 3.02. The van der Waals surface area contributed by atoms with E-state index in [0.717, 1.165) is 5.69 Å². The van der Waals surface area contributed by atoms with Gasteiger partial charge in [0.25, 0.3) is 0 Å². The van der Waals surface area contributed by atoms with Crippen LogP contribution in [0, 0.1) is 0 Å². The molecule has 1 aromatic rings. The van der Waals surface area contributed by atoms with Gasteiger partial charge in [-0.15, -0.1) is 0 Å². The molecule has 0 aromatic carbocycles. The van der Waals surface area contributed by atoms with Gasteiger partial charge in [0.05, 0.1) is 11.9 Å². The van der Waals surface area contributed by atoms with Gasteiger partial charge in [0, 0.05) is 7.05 Å². The number of H-pyrrole nitrogens is 1. The van der Waals surface area contributed by atoms with Gasteiger partial charge in [0.15, 0.2) is 0 Å². The number of hydrogen-bond donors (Lipinski definition) is 2. The topological polar surface area (TPSA) is 40.7 Å². The number of hydrogen-bond acceptors (Lipinski definition) is 2. The molecule has 0 amide bonds. The number of aromatic amines is 1. The second-order valence-electron chi connectivity index (χ2n) is 3.02. The van der Waals surface area contributed by atoms with Gasteiger partial charge in [-0.3, -0.25) is 5.10 Å². The van der Waals surface area contributed by atoms with Gasteiger partial charge >= 0.3 is 0 Å². The van der Waals surface area contributed by atoms with Gasteiger partial charge in [-0.05, 0) is 23.8 Å². The maximum atomic E-state index is 3.99. The summed E-state index contributed by atoms with van der Waals surface area (Å²) in [5.74, 6) is 0.514. The molecule has 1 aromatic heterocycles. The molecule has 0 unspecified atom stereocenters. The van der Waals surface area contributed by atoms with Crippen LogP contribution in [-0.4, -0.2) is 17.2 Å². The third kappa shape index (κ3) is 1.87. The fourth-order valence-corrected chi connectivity index (χ4v) is 1.07. The molecule has 1 rings (SSSR count). The third-order valence-corrected chi connectivity index (χ3v) is 1.74. The van der Waals surface area contributed by atoms with Crippen LogP contribution in [0.4, 0.5) is 0 Å². The van der Waals surface area contributed by atoms with Crippen LogP contribution in [0.5, 0.6) is 0 Å². The number of nitrogens with zero attached hydrogens (tertiary/aromatic N) is 1. The van der Waals surface area contributed by atoms with Crippen molar-refractivity contribution in [2.75, 3.05) is 7.05 Å². The zero-order valence-electron chi connectivity index (χ0n) is 7.76. The quantitative estimate of drug-likeness (QED) is 0.716. The Morgan fingerprint density at radius 3 is 2.92 bits per heavy atom. The molecule has 0 aliphatic carbocycles. The van der Waals surface area contributed by atoms with Crippen molar-refractivity contribution in [2.24, 2.45) is 0 Å². The summed E-state index contributed by atoms with van der Waals surface area (Å²) in [6, 6.07) is 0. The van der Waals surface area contributed by atoms with E-state index >= 15 is 0 Å². The molecule has 66 valence electrons. The van der Waals surface area contributed by atoms with Crippen LogP contribution in [0.2, 0.25) is 0 Å². The van der Waals surface area contributed by atoms with Crippen molar-refractivity contribution in [1.29, 1.82) is 0 Å². The van der Waals surface area contributed by atoms with Crippen molar-refractivity contribution < 1.29 is 0 Å². The predicted molar refractivity (Wildman–Crippen MR) is 50.8 cm³/mol. The second kappa shape index (κ2) is 3.95. The summed E-state index contributed by atoms with van der Waals surface area (Å²) >= 11 is 0. The Bertz CT molecular complexity index is 260. The van der Waals surface area contributed by atoms with E-state index in [0.29, 0.717) is 5.92 Å². The van der Waals surface area contributed by atoms with Gasteiger partial charge in [-0.2, -0.15) is 5.10 Å². The molecule has 0 saturated carbocycles. The molecule has 1 heterocycles. The van der Waals surface area contributed by atoms with Crippen molar-refractivity contribution in [3.8, 4) is 0 Å². The van der Waals surface area contributed by atoms with E-state index in [1.807, 2.05) is 25.5 Å². The molecule has 0 radical (unpaired) electrons. The molecular formula is C9H15N3. The van der Waals surface area contributed by atoms with E-state index in [-0.39, 0.29) is 0 Å². The lowest BCUT2D eigenvalue weighted by Gasteiger charge is -2.01. The van der Waals surface area contributed by atoms with Gasteiger partial charge in [0.2, 0.25) is 0 Å². The summed E-state index contributed by atoms with van der Waals surface area (Å²) in [7, 11) is 1.88. The first kappa shape index (κ1) is 8.84. The Labute approximate surface area is 72.9 Å². The third-order valence-electron chi connectivity index (χ3n) is 1.74. The molecule has 12 heavy (non-hydrogen) atoms. The molecule has 3 heteroatoms. The van der Waals surface area contributed by atoms with Crippen LogP contribution in [0.25, 0.3) is 6.08 Å². The summed E-state index contributed by atoms with van der Waals surface area (Å²) < 4.78 is 0. The molecule has 0 bridgehead atoms. The van der Waals surface area contributed by atoms with Gasteiger partial charge in [-0.25, -0.2) is 0 Å². The van der Waals surface area contributed by atoms with Crippen LogP contribution < -0.4 is 5.32 Å². The summed E-state index contributed by atoms with van der Waals surface area (Å²) in [6.07, 6.45) is 5.75. The average Bonchev–Trinajstić information content (AvgIpc) is 2.48. The predicted octanol–water partition coefficient (Wildman–Crippen LogP) is 1.72. The Morgan fingerprint density at radius 1 is 1.58 bits per heavy atom. The minimum absolute atomic E-state index is 0.514. The van der Waals surface area contributed by atoms with Gasteiger partial charge < -0.3 is 5.32 Å². The van der Waals surface area contributed by atoms with E-state index < -0.39 is 0 Å². The summed E-state index contributed by atoms with van der Waals surface area (Å²) in [5.41, 5.74) is 2.33. The number of rotatable bonds is 3. The Hall–Kier alpha value is -1.25. The number of aromatic nitrogens is 2. The van der Waals surface area contributed by atoms with E-state index in [2.05, 4.69) is 29.4 Å². The highest BCUT2D eigenvalue weighted by Crippen LogP contribution is 2.17. The van der Waals surface area contributed by atoms with Crippen LogP contribution in [0.3, 0.4) is 0 Å². The molecule has 0 aliphatic heterocycles. The first-order valence-electron chi connectivity index (χ1n) is 4.12. The lowest BCUT2D eigenvalue weighted by molar-refractivity contribution is 0.865. The van der Waals surface area contributed by atoms with Gasteiger partial charge in [0.1, 0.15) is 0 Å². The monoisotopic (exact) mass is 165 g/mol. The maximum absolute atomic E-state index is 3.99. The normalized spacial score (nSPS) is 11.3. The molecule has 0 atom stereocenters. The first-order chi connectivity index (χ1) is 5.75. The smallest absolute Gasteiger partial charge is 0.0626 e. The fourth-order valence-electron chi connectivity index (χ4n) is 1.07. The minimum atomic E-state index is 0.514. The van der Waals surface area contributed by atoms with Crippen LogP contribution in [0.15, 0.2) is 12.4 Å². The zero-order valence-corrected chi connectivity index (χ0v) is 7.76. The summed E-state index contributed by atoms with van der Waals surface area (Å²) in [5, 5.41) is 9.88. The number of nitrogens with one attached hydrogen (secondary N) is 2. The average molecular weight is 165 g/mol. The van der Waals surface area contributed by atoms with Crippen LogP contribution in [0.1, 0.15) is 31.0 Å². The zero-order chi connectivity index (χ0) is 8.97. The molecular weight excluding hydrogens is 150 g/mol. The maximum Gasteiger partial charge on any atom is 0.0626 e. The van der Waals surface area contributed by atoms with Crippen LogP contribution in [-0.2, 0) is 0 Å². The summed E-state index contributed by atoms with van der Waals surface area (Å²) in [4.78, 5) is 0. The summed E-state index contributed by atoms with van der Waals surface area (Å²) in [6.45, 7) is 4.31. The Kier molecular flexibility index (Phi) is 2.91. The van der Waals surface area contributed by atoms with Crippen molar-refractivity contribution in [1.82, 2.24) is 15.5 Å². The molecule has 0 spiro atoms. The highest BCUT2D eigenvalue weighted by molar-refractivity contribution is 5.48. The highest BCUT2D eigenvalue weighted by atomic mass is 15.1.